The number of nitrogens with one attached hydrogen (secondary N) is 3. The molecule has 0 aliphatic carbocycles. The number of carbonyl (C=O) groups excluding carboxylic acids is 4. The second-order valence-electron chi connectivity index (χ2n) is 10.1. The van der Waals surface area contributed by atoms with E-state index < -0.39 is 35.1 Å². The molecule has 1 unspecified atom stereocenters. The van der Waals surface area contributed by atoms with Crippen LogP contribution in [0.25, 0.3) is 0 Å². The van der Waals surface area contributed by atoms with Crippen LogP contribution in [0, 0.1) is 5.82 Å². The maximum Gasteiger partial charge on any atom is 0.324 e. The van der Waals surface area contributed by atoms with Crippen LogP contribution in [0.2, 0.25) is 10.0 Å². The van der Waals surface area contributed by atoms with Crippen LogP contribution in [0.5, 0.6) is 0 Å². The third-order valence-electron chi connectivity index (χ3n) is 6.28. The molecule has 0 spiro atoms. The third-order valence-corrected chi connectivity index (χ3v) is 8.62. The molecule has 0 bridgehead atoms. The Morgan fingerprint density at radius 2 is 1.90 bits per heavy atom. The summed E-state index contributed by atoms with van der Waals surface area (Å²) in [6, 6.07) is 3.25. The summed E-state index contributed by atoms with van der Waals surface area (Å²) in [4.78, 5) is 59.6. The van der Waals surface area contributed by atoms with Crippen molar-refractivity contribution in [3.05, 3.63) is 44.5 Å². The van der Waals surface area contributed by atoms with Crippen molar-refractivity contribution in [2.75, 3.05) is 37.9 Å². The number of amides is 5. The highest BCUT2D eigenvalue weighted by Crippen LogP contribution is 2.39. The normalized spacial score (nSPS) is 17.5. The number of hydrogen-bond acceptors (Lipinski definition) is 6. The monoisotopic (exact) mass is 601 g/mol. The maximum absolute atomic E-state index is 14.0. The van der Waals surface area contributed by atoms with Gasteiger partial charge in [-0.1, -0.05) is 44.0 Å². The van der Waals surface area contributed by atoms with Crippen LogP contribution in [0.1, 0.15) is 49.4 Å². The lowest BCUT2D eigenvalue weighted by molar-refractivity contribution is -0.172. The minimum Gasteiger partial charge on any atom is -0.352 e. The topological polar surface area (TPSA) is 120 Å². The summed E-state index contributed by atoms with van der Waals surface area (Å²) in [6.45, 7) is 7.70. The Morgan fingerprint density at radius 1 is 1.23 bits per heavy atom. The molecule has 1 aromatic carbocycles. The van der Waals surface area contributed by atoms with Gasteiger partial charge in [-0.3, -0.25) is 24.5 Å². The first-order valence-corrected chi connectivity index (χ1v) is 13.4. The first-order chi connectivity index (χ1) is 18.1. The number of hydrogen-bond donors (Lipinski definition) is 3. The zero-order valence-corrected chi connectivity index (χ0v) is 24.7. The Morgan fingerprint density at radius 3 is 2.51 bits per heavy atom. The molecule has 2 heterocycles. The van der Waals surface area contributed by atoms with Gasteiger partial charge >= 0.3 is 6.03 Å². The average Bonchev–Trinajstić information content (AvgIpc) is 3.29. The standard InChI is InChI=1S/C25H30Cl2FN5O5S/c1-24(2,3)16-11-13(20(39-16)31-23(37)30-15-8-7-14(28)18(26)19(15)27)21(35)33-10-9-29-22(36)25(33,4)12-17(34)32(5)38-6/h7-8,11H,9-10,12H2,1-6H3,(H,29,36)(H2,30,31,37). The molecule has 1 aromatic heterocycles. The second kappa shape index (κ2) is 11.7. The highest BCUT2D eigenvalue weighted by Gasteiger charge is 2.47. The van der Waals surface area contributed by atoms with E-state index >= 15 is 0 Å². The number of nitrogens with zero attached hydrogens (tertiary/aromatic N) is 2. The number of piperazine rings is 1. The number of halogens is 3. The van der Waals surface area contributed by atoms with Crippen LogP contribution in [0.15, 0.2) is 18.2 Å². The van der Waals surface area contributed by atoms with E-state index in [-0.39, 0.29) is 51.2 Å². The van der Waals surface area contributed by atoms with Gasteiger partial charge in [0.05, 0.1) is 34.8 Å². The molecule has 2 aromatic rings. The van der Waals surface area contributed by atoms with Gasteiger partial charge in [0.15, 0.2) is 0 Å². The van der Waals surface area contributed by atoms with Crippen LogP contribution in [-0.4, -0.2) is 66.5 Å². The Balaban J connectivity index is 1.97. The number of urea groups is 1. The number of rotatable bonds is 6. The van der Waals surface area contributed by atoms with Crippen LogP contribution in [-0.2, 0) is 19.8 Å². The van der Waals surface area contributed by atoms with E-state index in [0.29, 0.717) is 0 Å². The zero-order chi connectivity index (χ0) is 29.3. The average molecular weight is 603 g/mol. The Labute approximate surface area is 239 Å². The first-order valence-electron chi connectivity index (χ1n) is 11.9. The number of thiophene rings is 1. The molecule has 1 atom stereocenters. The van der Waals surface area contributed by atoms with Crippen molar-refractivity contribution >= 4 is 69.0 Å². The van der Waals surface area contributed by atoms with E-state index in [1.54, 1.807) is 6.07 Å². The number of benzene rings is 1. The van der Waals surface area contributed by atoms with Gasteiger partial charge in [0.2, 0.25) is 11.8 Å². The fourth-order valence-electron chi connectivity index (χ4n) is 3.89. The minimum absolute atomic E-state index is 0.0714. The molecule has 1 saturated heterocycles. The van der Waals surface area contributed by atoms with E-state index in [1.807, 2.05) is 20.8 Å². The van der Waals surface area contributed by atoms with Gasteiger partial charge in [-0.2, -0.15) is 0 Å². The summed E-state index contributed by atoms with van der Waals surface area (Å²) in [6.07, 6.45) is -0.321. The van der Waals surface area contributed by atoms with Crippen molar-refractivity contribution in [1.29, 1.82) is 0 Å². The predicted molar refractivity (Wildman–Crippen MR) is 149 cm³/mol. The number of anilines is 2. The molecule has 212 valence electrons. The van der Waals surface area contributed by atoms with Crippen molar-refractivity contribution in [3.8, 4) is 0 Å². The van der Waals surface area contributed by atoms with Gasteiger partial charge in [0, 0.05) is 25.0 Å². The van der Waals surface area contributed by atoms with Crippen LogP contribution in [0.4, 0.5) is 19.9 Å². The van der Waals surface area contributed by atoms with Gasteiger partial charge < -0.3 is 15.5 Å². The zero-order valence-electron chi connectivity index (χ0n) is 22.3. The SMILES string of the molecule is CON(C)C(=O)CC1(C)C(=O)NCCN1C(=O)c1cc(C(C)(C)C)sc1NC(=O)Nc1ccc(F)c(Cl)c1Cl. The van der Waals surface area contributed by atoms with Gasteiger partial charge in [-0.15, -0.1) is 11.3 Å². The maximum atomic E-state index is 14.0. The lowest BCUT2D eigenvalue weighted by Gasteiger charge is -2.43. The molecule has 1 fully saturated rings. The van der Waals surface area contributed by atoms with Crippen molar-refractivity contribution in [2.24, 2.45) is 0 Å². The summed E-state index contributed by atoms with van der Waals surface area (Å²) in [5.74, 6) is -2.26. The molecular weight excluding hydrogens is 572 g/mol. The van der Waals surface area contributed by atoms with Crippen LogP contribution < -0.4 is 16.0 Å². The lowest BCUT2D eigenvalue weighted by Crippen LogP contribution is -2.66. The highest BCUT2D eigenvalue weighted by atomic mass is 35.5. The summed E-state index contributed by atoms with van der Waals surface area (Å²) < 4.78 is 13.7. The molecule has 0 radical (unpaired) electrons. The molecule has 5 amide bonds. The van der Waals surface area contributed by atoms with Crippen LogP contribution in [0.3, 0.4) is 0 Å². The van der Waals surface area contributed by atoms with E-state index in [9.17, 15) is 23.6 Å². The van der Waals surface area contributed by atoms with Gasteiger partial charge in [0.1, 0.15) is 16.4 Å². The minimum atomic E-state index is -1.51. The van der Waals surface area contributed by atoms with Crippen molar-refractivity contribution < 1.29 is 28.4 Å². The number of carbonyl (C=O) groups is 4. The van der Waals surface area contributed by atoms with E-state index in [0.717, 1.165) is 16.0 Å². The summed E-state index contributed by atoms with van der Waals surface area (Å²) in [5.41, 5.74) is -1.66. The fourth-order valence-corrected chi connectivity index (χ4v) is 5.35. The Bertz CT molecular complexity index is 1310. The van der Waals surface area contributed by atoms with E-state index in [1.165, 1.54) is 43.4 Å². The summed E-state index contributed by atoms with van der Waals surface area (Å²) >= 11 is 13.1. The van der Waals surface area contributed by atoms with Crippen LogP contribution >= 0.6 is 34.5 Å². The van der Waals surface area contributed by atoms with E-state index in [2.05, 4.69) is 16.0 Å². The van der Waals surface area contributed by atoms with Crippen molar-refractivity contribution in [2.45, 2.75) is 45.1 Å². The first kappa shape index (κ1) is 30.6. The smallest absolute Gasteiger partial charge is 0.324 e. The summed E-state index contributed by atoms with van der Waals surface area (Å²) in [7, 11) is 2.73. The second-order valence-corrected chi connectivity index (χ2v) is 12.0. The van der Waals surface area contributed by atoms with Gasteiger partial charge in [-0.05, 0) is 30.5 Å². The molecular formula is C25H30Cl2FN5O5S. The molecule has 14 heteroatoms. The lowest BCUT2D eigenvalue weighted by atomic mass is 9.90. The fraction of sp³-hybridized carbons (Fsp3) is 0.440. The predicted octanol–water partition coefficient (Wildman–Crippen LogP) is 4.88. The molecule has 39 heavy (non-hydrogen) atoms. The third kappa shape index (κ3) is 6.46. The molecule has 0 saturated carbocycles. The van der Waals surface area contributed by atoms with Crippen molar-refractivity contribution in [1.82, 2.24) is 15.3 Å². The van der Waals surface area contributed by atoms with Gasteiger partial charge in [-0.25, -0.2) is 14.2 Å². The van der Waals surface area contributed by atoms with Crippen molar-refractivity contribution in [3.63, 3.8) is 0 Å². The molecule has 1 aliphatic rings. The molecule has 3 N–H and O–H groups in total. The van der Waals surface area contributed by atoms with Gasteiger partial charge in [0.25, 0.3) is 5.91 Å². The Kier molecular flexibility index (Phi) is 9.16. The molecule has 3 rings (SSSR count). The highest BCUT2D eigenvalue weighted by molar-refractivity contribution is 7.16. The quantitative estimate of drug-likeness (QED) is 0.322. The molecule has 1 aliphatic heterocycles. The molecule has 10 nitrogen and oxygen atoms in total. The Hall–Kier alpha value is -2.93. The summed E-state index contributed by atoms with van der Waals surface area (Å²) in [5, 5.41) is 8.59. The van der Waals surface area contributed by atoms with E-state index in [4.69, 9.17) is 28.0 Å². The number of hydroxylamine groups is 2. The largest absolute Gasteiger partial charge is 0.352 e.